The number of aliphatic hydroxyl groups is 1. The maximum Gasteiger partial charge on any atom is 0.311 e. The second-order valence-electron chi connectivity index (χ2n) is 8.84. The van der Waals surface area contributed by atoms with E-state index in [1.165, 1.54) is 6.42 Å². The third-order valence-corrected chi connectivity index (χ3v) is 6.39. The molecule has 1 aromatic carbocycles. The van der Waals surface area contributed by atoms with Crippen molar-refractivity contribution in [3.05, 3.63) is 48.7 Å². The van der Waals surface area contributed by atoms with Gasteiger partial charge in [0.15, 0.2) is 0 Å². The van der Waals surface area contributed by atoms with Crippen LogP contribution in [0.2, 0.25) is 0 Å². The Morgan fingerprint density at radius 3 is 2.93 bits per heavy atom. The van der Waals surface area contributed by atoms with Crippen LogP contribution in [0.4, 0.5) is 0 Å². The third kappa shape index (κ3) is 4.07. The second kappa shape index (κ2) is 8.25. The fourth-order valence-electron chi connectivity index (χ4n) is 4.89. The number of hydrogen-bond acceptors (Lipinski definition) is 5. The smallest absolute Gasteiger partial charge is 0.311 e. The maximum absolute atomic E-state index is 12.1. The highest BCUT2D eigenvalue weighted by Gasteiger charge is 2.42. The van der Waals surface area contributed by atoms with Crippen LogP contribution in [0.3, 0.4) is 0 Å². The van der Waals surface area contributed by atoms with Gasteiger partial charge in [-0.15, -0.1) is 6.58 Å². The number of rotatable bonds is 6. The van der Waals surface area contributed by atoms with E-state index in [2.05, 4.69) is 22.5 Å². The molecule has 3 fully saturated rings. The molecule has 3 aliphatic heterocycles. The lowest BCUT2D eigenvalue weighted by molar-refractivity contribution is -0.135. The monoisotopic (exact) mass is 394 g/mol. The maximum atomic E-state index is 12.1. The Morgan fingerprint density at radius 1 is 1.41 bits per heavy atom. The molecule has 154 valence electrons. The minimum atomic E-state index is -0.601. The van der Waals surface area contributed by atoms with Crippen LogP contribution >= 0.6 is 0 Å². The summed E-state index contributed by atoms with van der Waals surface area (Å²) in [6, 6.07) is 7.45. The van der Waals surface area contributed by atoms with Crippen LogP contribution in [0.25, 0.3) is 10.9 Å². The number of pyridine rings is 1. The zero-order chi connectivity index (χ0) is 20.5. The average Bonchev–Trinajstić information content (AvgIpc) is 2.72. The number of benzene rings is 1. The van der Waals surface area contributed by atoms with Crippen molar-refractivity contribution in [2.24, 2.45) is 17.8 Å². The molecule has 2 bridgehead atoms. The van der Waals surface area contributed by atoms with Crippen LogP contribution in [0, 0.1) is 17.8 Å². The van der Waals surface area contributed by atoms with Gasteiger partial charge in [-0.2, -0.15) is 0 Å². The van der Waals surface area contributed by atoms with Gasteiger partial charge in [0.25, 0.3) is 0 Å². The van der Waals surface area contributed by atoms with Crippen LogP contribution < -0.4 is 4.74 Å². The summed E-state index contributed by atoms with van der Waals surface area (Å²) in [5.41, 5.74) is 1.65. The standard InChI is InChI=1S/C24H30N2O3/c1-4-16-14-26-10-8-17(16)12-22(26)24(28)19-7-9-25-21-6-5-18(13-20(19)21)29-23(27)11-15(2)3/h4-7,9,13,15-17,22,24,28H,1,8,10-12,14H2,2-3H3. The van der Waals surface area contributed by atoms with Crippen LogP contribution in [-0.4, -0.2) is 40.1 Å². The van der Waals surface area contributed by atoms with Gasteiger partial charge in [-0.05, 0) is 67.0 Å². The first-order chi connectivity index (χ1) is 14.0. The number of carbonyl (C=O) groups excluding carboxylic acids is 1. The summed E-state index contributed by atoms with van der Waals surface area (Å²) in [5, 5.41) is 12.2. The summed E-state index contributed by atoms with van der Waals surface area (Å²) in [6.07, 6.45) is 5.74. The lowest BCUT2D eigenvalue weighted by atomic mass is 9.73. The van der Waals surface area contributed by atoms with Crippen molar-refractivity contribution in [1.82, 2.24) is 9.88 Å². The van der Waals surface area contributed by atoms with Gasteiger partial charge in [0, 0.05) is 30.6 Å². The molecule has 0 radical (unpaired) electrons. The predicted octanol–water partition coefficient (Wildman–Crippen LogP) is 4.12. The highest BCUT2D eigenvalue weighted by Crippen LogP contribution is 2.42. The van der Waals surface area contributed by atoms with E-state index in [0.29, 0.717) is 24.0 Å². The molecular formula is C24H30N2O3. The number of ether oxygens (including phenoxy) is 1. The molecule has 3 aliphatic rings. The summed E-state index contributed by atoms with van der Waals surface area (Å²) in [5.74, 6) is 1.63. The van der Waals surface area contributed by atoms with Gasteiger partial charge in [0.05, 0.1) is 11.6 Å². The Labute approximate surface area is 172 Å². The van der Waals surface area contributed by atoms with Crippen molar-refractivity contribution in [3.63, 3.8) is 0 Å². The quantitative estimate of drug-likeness (QED) is 0.454. The first-order valence-electron chi connectivity index (χ1n) is 10.6. The minimum absolute atomic E-state index is 0.0997. The molecule has 5 nitrogen and oxygen atoms in total. The lowest BCUT2D eigenvalue weighted by Gasteiger charge is -2.50. The molecular weight excluding hydrogens is 364 g/mol. The number of fused-ring (bicyclic) bond motifs is 4. The number of aromatic nitrogens is 1. The van der Waals surface area contributed by atoms with Gasteiger partial charge in [-0.25, -0.2) is 0 Å². The van der Waals surface area contributed by atoms with Crippen molar-refractivity contribution in [2.45, 2.75) is 45.3 Å². The lowest BCUT2D eigenvalue weighted by Crippen LogP contribution is -2.54. The highest BCUT2D eigenvalue weighted by molar-refractivity contribution is 5.85. The highest BCUT2D eigenvalue weighted by atomic mass is 16.5. The molecule has 5 heteroatoms. The molecule has 0 spiro atoms. The van der Waals surface area contributed by atoms with Gasteiger partial charge in [0.1, 0.15) is 5.75 Å². The minimum Gasteiger partial charge on any atom is -0.426 e. The number of carbonyl (C=O) groups is 1. The second-order valence-corrected chi connectivity index (χ2v) is 8.84. The van der Waals surface area contributed by atoms with Gasteiger partial charge < -0.3 is 9.84 Å². The van der Waals surface area contributed by atoms with Crippen LogP contribution in [0.5, 0.6) is 5.75 Å². The largest absolute Gasteiger partial charge is 0.426 e. The zero-order valence-electron chi connectivity index (χ0n) is 17.3. The Hall–Kier alpha value is -2.24. The molecule has 4 heterocycles. The number of nitrogens with zero attached hydrogens (tertiary/aromatic N) is 2. The summed E-state index contributed by atoms with van der Waals surface area (Å²) in [6.45, 7) is 9.96. The molecule has 3 saturated heterocycles. The van der Waals surface area contributed by atoms with Crippen LogP contribution in [0.1, 0.15) is 44.8 Å². The van der Waals surface area contributed by atoms with Crippen LogP contribution in [0.15, 0.2) is 43.1 Å². The van der Waals surface area contributed by atoms with E-state index in [4.69, 9.17) is 4.74 Å². The summed E-state index contributed by atoms with van der Waals surface area (Å²) >= 11 is 0. The Balaban J connectivity index is 1.60. The predicted molar refractivity (Wildman–Crippen MR) is 114 cm³/mol. The van der Waals surface area contributed by atoms with E-state index in [0.717, 1.165) is 36.0 Å². The molecule has 5 rings (SSSR count). The average molecular weight is 395 g/mol. The van der Waals surface area contributed by atoms with Crippen molar-refractivity contribution in [2.75, 3.05) is 13.1 Å². The normalized spacial score (nSPS) is 27.2. The number of piperidine rings is 3. The first-order valence-corrected chi connectivity index (χ1v) is 10.6. The van der Waals surface area contributed by atoms with Crippen molar-refractivity contribution in [3.8, 4) is 5.75 Å². The van der Waals surface area contributed by atoms with Crippen molar-refractivity contribution < 1.29 is 14.6 Å². The van der Waals surface area contributed by atoms with Gasteiger partial charge in [-0.3, -0.25) is 14.7 Å². The first kappa shape index (κ1) is 20.0. The van der Waals surface area contributed by atoms with E-state index in [1.54, 1.807) is 12.3 Å². The van der Waals surface area contributed by atoms with Gasteiger partial charge >= 0.3 is 5.97 Å². The molecule has 0 saturated carbocycles. The zero-order valence-corrected chi connectivity index (χ0v) is 17.3. The fourth-order valence-corrected chi connectivity index (χ4v) is 4.89. The van der Waals surface area contributed by atoms with Gasteiger partial charge in [0.2, 0.25) is 0 Å². The van der Waals surface area contributed by atoms with E-state index < -0.39 is 6.10 Å². The number of aliphatic hydroxyl groups excluding tert-OH is 1. The van der Waals surface area contributed by atoms with Crippen molar-refractivity contribution in [1.29, 1.82) is 0 Å². The molecule has 5 atom stereocenters. The summed E-state index contributed by atoms with van der Waals surface area (Å²) in [4.78, 5) is 18.9. The topological polar surface area (TPSA) is 62.7 Å². The van der Waals surface area contributed by atoms with Crippen molar-refractivity contribution >= 4 is 16.9 Å². The van der Waals surface area contributed by atoms with E-state index in [9.17, 15) is 9.90 Å². The molecule has 29 heavy (non-hydrogen) atoms. The third-order valence-electron chi connectivity index (χ3n) is 6.39. The summed E-state index contributed by atoms with van der Waals surface area (Å²) < 4.78 is 5.52. The molecule has 1 aromatic heterocycles. The van der Waals surface area contributed by atoms with Gasteiger partial charge in [-0.1, -0.05) is 19.9 Å². The van der Waals surface area contributed by atoms with E-state index >= 15 is 0 Å². The molecule has 2 aromatic rings. The molecule has 0 aliphatic carbocycles. The SMILES string of the molecule is C=CC1CN2CCC1CC2C(O)c1ccnc2ccc(OC(=O)CC(C)C)cc12. The molecule has 0 amide bonds. The number of esters is 1. The Bertz CT molecular complexity index is 910. The Kier molecular flexibility index (Phi) is 5.70. The van der Waals surface area contributed by atoms with E-state index in [-0.39, 0.29) is 17.9 Å². The Morgan fingerprint density at radius 2 is 2.24 bits per heavy atom. The molecule has 5 unspecified atom stereocenters. The number of hydrogen-bond donors (Lipinski definition) is 1. The van der Waals surface area contributed by atoms with E-state index in [1.807, 2.05) is 32.0 Å². The van der Waals surface area contributed by atoms with Crippen LogP contribution in [-0.2, 0) is 4.79 Å². The fraction of sp³-hybridized carbons (Fsp3) is 0.500. The molecule has 1 N–H and O–H groups in total. The summed E-state index contributed by atoms with van der Waals surface area (Å²) in [7, 11) is 0.